The third-order valence-corrected chi connectivity index (χ3v) is 4.26. The van der Waals surface area contributed by atoms with E-state index in [1.165, 1.54) is 38.6 Å². The van der Waals surface area contributed by atoms with Crippen LogP contribution in [0.1, 0.15) is 52.4 Å². The average molecular weight is 206 g/mol. The van der Waals surface area contributed by atoms with E-state index in [1.54, 1.807) is 0 Å². The maximum absolute atomic E-state index is 9.22. The highest BCUT2D eigenvalue weighted by Crippen LogP contribution is 2.37. The van der Waals surface area contributed by atoms with Crippen molar-refractivity contribution in [2.24, 2.45) is 5.92 Å². The van der Waals surface area contributed by atoms with Crippen molar-refractivity contribution in [1.29, 1.82) is 5.26 Å². The van der Waals surface area contributed by atoms with Crippen molar-refractivity contribution in [3.05, 3.63) is 0 Å². The summed E-state index contributed by atoms with van der Waals surface area (Å²) in [6, 6.07) is 3.07. The van der Waals surface area contributed by atoms with Gasteiger partial charge < -0.3 is 0 Å². The third kappa shape index (κ3) is 2.03. The Bertz CT molecular complexity index is 264. The Hall–Kier alpha value is -0.550. The van der Waals surface area contributed by atoms with E-state index in [0.29, 0.717) is 11.6 Å². The number of rotatable bonds is 1. The van der Waals surface area contributed by atoms with Gasteiger partial charge in [0.1, 0.15) is 0 Å². The molecule has 1 saturated carbocycles. The molecule has 2 heteroatoms. The minimum absolute atomic E-state index is 0.288. The molecule has 2 rings (SSSR count). The zero-order valence-electron chi connectivity index (χ0n) is 10.00. The van der Waals surface area contributed by atoms with Crippen LogP contribution in [0.3, 0.4) is 0 Å². The van der Waals surface area contributed by atoms with Crippen molar-refractivity contribution >= 4 is 0 Å². The molecule has 1 aliphatic carbocycles. The highest BCUT2D eigenvalue weighted by molar-refractivity contribution is 5.01. The topological polar surface area (TPSA) is 27.0 Å². The zero-order valence-corrected chi connectivity index (χ0v) is 10.00. The number of hydrogen-bond acceptors (Lipinski definition) is 2. The molecule has 0 aromatic heterocycles. The number of hydrogen-bond donors (Lipinski definition) is 0. The molecular weight excluding hydrogens is 184 g/mol. The van der Waals surface area contributed by atoms with E-state index >= 15 is 0 Å². The lowest BCUT2D eigenvalue weighted by molar-refractivity contribution is 0.0684. The molecule has 15 heavy (non-hydrogen) atoms. The molecule has 0 radical (unpaired) electrons. The van der Waals surface area contributed by atoms with Gasteiger partial charge in [-0.25, -0.2) is 0 Å². The van der Waals surface area contributed by atoms with Gasteiger partial charge in [0, 0.05) is 11.6 Å². The molecule has 2 aliphatic rings. The second-order valence-corrected chi connectivity index (χ2v) is 5.70. The summed E-state index contributed by atoms with van der Waals surface area (Å²) in [6.45, 7) is 5.88. The van der Waals surface area contributed by atoms with Gasteiger partial charge in [0.15, 0.2) is 0 Å². The summed E-state index contributed by atoms with van der Waals surface area (Å²) >= 11 is 0. The first kappa shape index (κ1) is 11.0. The Kier molecular flexibility index (Phi) is 3.02. The Morgan fingerprint density at radius 3 is 2.53 bits per heavy atom. The van der Waals surface area contributed by atoms with Crippen LogP contribution in [0.4, 0.5) is 0 Å². The first-order valence-electron chi connectivity index (χ1n) is 6.31. The van der Waals surface area contributed by atoms with E-state index in [0.717, 1.165) is 6.42 Å². The highest BCUT2D eigenvalue weighted by atomic mass is 15.2. The lowest BCUT2D eigenvalue weighted by Gasteiger charge is -2.42. The van der Waals surface area contributed by atoms with Crippen LogP contribution >= 0.6 is 0 Å². The SMILES string of the molecule is CC1(C)CCCN1C1CCCCC1C#N. The molecule has 2 unspecified atom stereocenters. The molecule has 0 aromatic carbocycles. The van der Waals surface area contributed by atoms with Crippen LogP contribution < -0.4 is 0 Å². The minimum atomic E-state index is 0.288. The van der Waals surface area contributed by atoms with Gasteiger partial charge in [0.05, 0.1) is 12.0 Å². The molecule has 2 nitrogen and oxygen atoms in total. The quantitative estimate of drug-likeness (QED) is 0.659. The maximum atomic E-state index is 9.22. The van der Waals surface area contributed by atoms with Gasteiger partial charge in [-0.05, 0) is 46.1 Å². The van der Waals surface area contributed by atoms with Crippen LogP contribution in [0.25, 0.3) is 0 Å². The summed E-state index contributed by atoms with van der Waals surface area (Å²) in [5.41, 5.74) is 0.330. The van der Waals surface area contributed by atoms with Crippen LogP contribution in [-0.4, -0.2) is 23.0 Å². The second-order valence-electron chi connectivity index (χ2n) is 5.70. The van der Waals surface area contributed by atoms with Crippen molar-refractivity contribution in [2.75, 3.05) is 6.54 Å². The van der Waals surface area contributed by atoms with Gasteiger partial charge in [-0.2, -0.15) is 5.26 Å². The molecule has 0 aromatic rings. The summed E-state index contributed by atoms with van der Waals surface area (Å²) in [4.78, 5) is 2.61. The molecule has 2 fully saturated rings. The van der Waals surface area contributed by atoms with Gasteiger partial charge in [0.25, 0.3) is 0 Å². The summed E-state index contributed by atoms with van der Waals surface area (Å²) in [7, 11) is 0. The first-order valence-corrected chi connectivity index (χ1v) is 6.31. The molecule has 1 aliphatic heterocycles. The summed E-state index contributed by atoms with van der Waals surface area (Å²) in [5.74, 6) is 0.288. The van der Waals surface area contributed by atoms with E-state index in [2.05, 4.69) is 24.8 Å². The largest absolute Gasteiger partial charge is 0.294 e. The monoisotopic (exact) mass is 206 g/mol. The Morgan fingerprint density at radius 1 is 1.20 bits per heavy atom. The normalized spacial score (nSPS) is 36.3. The van der Waals surface area contributed by atoms with Gasteiger partial charge in [0.2, 0.25) is 0 Å². The molecule has 0 amide bonds. The van der Waals surface area contributed by atoms with E-state index in [1.807, 2.05) is 0 Å². The fraction of sp³-hybridized carbons (Fsp3) is 0.923. The van der Waals surface area contributed by atoms with E-state index in [9.17, 15) is 5.26 Å². The summed E-state index contributed by atoms with van der Waals surface area (Å²) in [5, 5.41) is 9.22. The van der Waals surface area contributed by atoms with Crippen molar-refractivity contribution in [2.45, 2.75) is 64.0 Å². The Labute approximate surface area is 93.3 Å². The molecular formula is C13H22N2. The highest BCUT2D eigenvalue weighted by Gasteiger charge is 2.40. The van der Waals surface area contributed by atoms with Gasteiger partial charge in [-0.15, -0.1) is 0 Å². The van der Waals surface area contributed by atoms with E-state index < -0.39 is 0 Å². The third-order valence-electron chi connectivity index (χ3n) is 4.26. The lowest BCUT2D eigenvalue weighted by atomic mass is 9.83. The molecule has 0 N–H and O–H groups in total. The van der Waals surface area contributed by atoms with Crippen LogP contribution in [0, 0.1) is 17.2 Å². The number of likely N-dealkylation sites (tertiary alicyclic amines) is 1. The fourth-order valence-electron chi connectivity index (χ4n) is 3.38. The first-order chi connectivity index (χ1) is 7.15. The Balaban J connectivity index is 2.11. The molecule has 0 bridgehead atoms. The van der Waals surface area contributed by atoms with Crippen LogP contribution in [0.5, 0.6) is 0 Å². The summed E-state index contributed by atoms with van der Waals surface area (Å²) < 4.78 is 0. The number of nitrogens with zero attached hydrogens (tertiary/aromatic N) is 2. The molecule has 1 saturated heterocycles. The lowest BCUT2D eigenvalue weighted by Crippen LogP contribution is -2.49. The van der Waals surface area contributed by atoms with E-state index in [-0.39, 0.29) is 5.92 Å². The molecule has 0 spiro atoms. The predicted molar refractivity (Wildman–Crippen MR) is 61.4 cm³/mol. The molecule has 1 heterocycles. The standard InChI is InChI=1S/C13H22N2/c1-13(2)8-5-9-15(13)12-7-4-3-6-11(12)10-14/h11-12H,3-9H2,1-2H3. The van der Waals surface area contributed by atoms with Crippen LogP contribution in [0.15, 0.2) is 0 Å². The van der Waals surface area contributed by atoms with Gasteiger partial charge >= 0.3 is 0 Å². The minimum Gasteiger partial charge on any atom is -0.294 e. The summed E-state index contributed by atoms with van der Waals surface area (Å²) in [6.07, 6.45) is 7.52. The van der Waals surface area contributed by atoms with Gasteiger partial charge in [-0.1, -0.05) is 12.8 Å². The zero-order chi connectivity index (χ0) is 10.9. The molecule has 84 valence electrons. The van der Waals surface area contributed by atoms with Crippen molar-refractivity contribution in [3.63, 3.8) is 0 Å². The van der Waals surface area contributed by atoms with E-state index in [4.69, 9.17) is 0 Å². The predicted octanol–water partition coefficient (Wildman–Crippen LogP) is 2.94. The van der Waals surface area contributed by atoms with Crippen molar-refractivity contribution < 1.29 is 0 Å². The smallest absolute Gasteiger partial charge is 0.0672 e. The van der Waals surface area contributed by atoms with Crippen molar-refractivity contribution in [3.8, 4) is 6.07 Å². The van der Waals surface area contributed by atoms with Crippen LogP contribution in [0.2, 0.25) is 0 Å². The Morgan fingerprint density at radius 2 is 1.93 bits per heavy atom. The van der Waals surface area contributed by atoms with Crippen molar-refractivity contribution in [1.82, 2.24) is 4.90 Å². The van der Waals surface area contributed by atoms with Crippen LogP contribution in [-0.2, 0) is 0 Å². The second kappa shape index (κ2) is 4.14. The maximum Gasteiger partial charge on any atom is 0.0672 e. The average Bonchev–Trinajstić information content (AvgIpc) is 2.58. The fourth-order valence-corrected chi connectivity index (χ4v) is 3.38. The molecule has 2 atom stereocenters. The van der Waals surface area contributed by atoms with Gasteiger partial charge in [-0.3, -0.25) is 4.90 Å². The number of nitriles is 1.